The van der Waals surface area contributed by atoms with Crippen molar-refractivity contribution in [3.05, 3.63) is 65.0 Å². The number of carbonyl (C=O) groups is 1. The molecule has 3 aromatic heterocycles. The number of imidazole rings is 1. The molecule has 0 atom stereocenters. The molecule has 0 amide bonds. The molecular formula is C28H26F3N7O2. The summed E-state index contributed by atoms with van der Waals surface area (Å²) in [4.78, 5) is 34.5. The monoisotopic (exact) mass is 549 g/mol. The van der Waals surface area contributed by atoms with Gasteiger partial charge in [0.15, 0.2) is 11.5 Å². The molecule has 6 rings (SSSR count). The standard InChI is InChI=1S/C28H26F3N7O2/c1-38-13-21(28(29,30)31)36-26(38)17-5-3-15(4-6-17)12-32-24-19-11-18(39)9-10-20(19)35-25(37-24)22-23(16-7-8-16)33-14-34-27(22)40-2/h3-6,13-14,16H,7-12H2,1-2H3,(H,32,35,37). The van der Waals surface area contributed by atoms with Crippen LogP contribution in [0, 0.1) is 0 Å². The first-order valence-corrected chi connectivity index (χ1v) is 13.0. The van der Waals surface area contributed by atoms with Crippen LogP contribution in [0.3, 0.4) is 0 Å². The van der Waals surface area contributed by atoms with Crippen molar-refractivity contribution in [2.75, 3.05) is 12.4 Å². The number of carbonyl (C=O) groups excluding carboxylic acids is 1. The molecule has 4 aromatic rings. The van der Waals surface area contributed by atoms with E-state index in [2.05, 4.69) is 20.3 Å². The van der Waals surface area contributed by atoms with E-state index in [-0.39, 0.29) is 18.0 Å². The number of ketones is 1. The fraction of sp³-hybridized carbons (Fsp3) is 0.357. The van der Waals surface area contributed by atoms with Crippen LogP contribution in [0.4, 0.5) is 19.0 Å². The molecule has 9 nitrogen and oxygen atoms in total. The van der Waals surface area contributed by atoms with Crippen molar-refractivity contribution in [2.45, 2.75) is 50.7 Å². The van der Waals surface area contributed by atoms with E-state index in [1.807, 2.05) is 12.1 Å². The molecule has 2 aliphatic rings. The Morgan fingerprint density at radius 1 is 1.07 bits per heavy atom. The topological polar surface area (TPSA) is 108 Å². The fourth-order valence-electron chi connectivity index (χ4n) is 4.97. The number of Topliss-reactive ketones (excluding diaryl/α,β-unsaturated/α-hetero) is 1. The minimum atomic E-state index is -4.51. The van der Waals surface area contributed by atoms with Gasteiger partial charge in [0.05, 0.1) is 18.5 Å². The molecule has 0 unspecified atom stereocenters. The highest BCUT2D eigenvalue weighted by Gasteiger charge is 2.35. The number of methoxy groups -OCH3 is 1. The molecule has 1 fully saturated rings. The van der Waals surface area contributed by atoms with Gasteiger partial charge >= 0.3 is 6.18 Å². The first-order chi connectivity index (χ1) is 19.2. The maximum atomic E-state index is 13.1. The molecule has 1 saturated carbocycles. The van der Waals surface area contributed by atoms with E-state index >= 15 is 0 Å². The Hall–Kier alpha value is -4.35. The van der Waals surface area contributed by atoms with Gasteiger partial charge in [-0.3, -0.25) is 4.79 Å². The third-order valence-corrected chi connectivity index (χ3v) is 7.17. The molecule has 40 heavy (non-hydrogen) atoms. The van der Waals surface area contributed by atoms with Crippen molar-refractivity contribution in [2.24, 2.45) is 7.05 Å². The van der Waals surface area contributed by atoms with Crippen molar-refractivity contribution < 1.29 is 22.7 Å². The minimum absolute atomic E-state index is 0.129. The Labute approximate surface area is 227 Å². The second kappa shape index (κ2) is 10.00. The van der Waals surface area contributed by atoms with Crippen LogP contribution in [0.5, 0.6) is 5.88 Å². The molecule has 1 aromatic carbocycles. The largest absolute Gasteiger partial charge is 0.480 e. The summed E-state index contributed by atoms with van der Waals surface area (Å²) in [6.07, 6.45) is 1.21. The van der Waals surface area contributed by atoms with Gasteiger partial charge in [0.2, 0.25) is 5.88 Å². The van der Waals surface area contributed by atoms with Gasteiger partial charge in [-0.1, -0.05) is 24.3 Å². The van der Waals surface area contributed by atoms with Crippen LogP contribution in [-0.2, 0) is 37.4 Å². The molecule has 12 heteroatoms. The highest BCUT2D eigenvalue weighted by molar-refractivity contribution is 5.85. The third-order valence-electron chi connectivity index (χ3n) is 7.17. The van der Waals surface area contributed by atoms with E-state index in [0.717, 1.165) is 41.6 Å². The summed E-state index contributed by atoms with van der Waals surface area (Å²) < 4.78 is 46.2. The highest BCUT2D eigenvalue weighted by atomic mass is 19.4. The zero-order valence-electron chi connectivity index (χ0n) is 21.9. The predicted molar refractivity (Wildman–Crippen MR) is 140 cm³/mol. The van der Waals surface area contributed by atoms with Gasteiger partial charge in [-0.15, -0.1) is 0 Å². The van der Waals surface area contributed by atoms with Crippen molar-refractivity contribution in [1.29, 1.82) is 0 Å². The normalized spacial score (nSPS) is 15.2. The lowest BCUT2D eigenvalue weighted by Crippen LogP contribution is -2.19. The zero-order valence-corrected chi connectivity index (χ0v) is 21.9. The van der Waals surface area contributed by atoms with Crippen LogP contribution in [0.25, 0.3) is 22.8 Å². The van der Waals surface area contributed by atoms with Crippen LogP contribution >= 0.6 is 0 Å². The van der Waals surface area contributed by atoms with E-state index in [9.17, 15) is 18.0 Å². The van der Waals surface area contributed by atoms with Gasteiger partial charge in [-0.05, 0) is 24.8 Å². The summed E-state index contributed by atoms with van der Waals surface area (Å²) in [6, 6.07) is 7.11. The summed E-state index contributed by atoms with van der Waals surface area (Å²) in [5.74, 6) is 2.10. The van der Waals surface area contributed by atoms with E-state index in [0.29, 0.717) is 54.0 Å². The van der Waals surface area contributed by atoms with E-state index in [1.54, 1.807) is 19.2 Å². The number of hydrogen-bond donors (Lipinski definition) is 1. The Bertz CT molecular complexity index is 1590. The summed E-state index contributed by atoms with van der Waals surface area (Å²) >= 11 is 0. The smallest absolute Gasteiger partial charge is 0.434 e. The average molecular weight is 550 g/mol. The zero-order chi connectivity index (χ0) is 28.0. The summed E-state index contributed by atoms with van der Waals surface area (Å²) in [5, 5.41) is 3.36. The average Bonchev–Trinajstić information content (AvgIpc) is 3.71. The van der Waals surface area contributed by atoms with E-state index < -0.39 is 11.9 Å². The summed E-state index contributed by atoms with van der Waals surface area (Å²) in [7, 11) is 3.09. The maximum absolute atomic E-state index is 13.1. The van der Waals surface area contributed by atoms with Crippen LogP contribution in [0.1, 0.15) is 53.4 Å². The molecule has 0 bridgehead atoms. The molecule has 2 aliphatic carbocycles. The first kappa shape index (κ1) is 25.9. The van der Waals surface area contributed by atoms with Crippen LogP contribution in [0.15, 0.2) is 36.8 Å². The van der Waals surface area contributed by atoms with Crippen molar-refractivity contribution in [1.82, 2.24) is 29.5 Å². The van der Waals surface area contributed by atoms with Crippen LogP contribution in [0.2, 0.25) is 0 Å². The third kappa shape index (κ3) is 5.01. The molecule has 3 heterocycles. The number of halogens is 3. The van der Waals surface area contributed by atoms with Gasteiger partial charge in [0, 0.05) is 49.7 Å². The molecule has 0 saturated heterocycles. The second-order valence-electron chi connectivity index (χ2n) is 10.1. The molecule has 0 spiro atoms. The minimum Gasteiger partial charge on any atom is -0.480 e. The Morgan fingerprint density at radius 3 is 2.52 bits per heavy atom. The number of nitrogens with one attached hydrogen (secondary N) is 1. The number of ether oxygens (including phenoxy) is 1. The van der Waals surface area contributed by atoms with Crippen molar-refractivity contribution >= 4 is 11.6 Å². The quantitative estimate of drug-likeness (QED) is 0.347. The van der Waals surface area contributed by atoms with E-state index in [1.165, 1.54) is 17.9 Å². The Kier molecular flexibility index (Phi) is 6.47. The number of rotatable bonds is 7. The number of alkyl halides is 3. The van der Waals surface area contributed by atoms with Crippen molar-refractivity contribution in [3.8, 4) is 28.7 Å². The first-order valence-electron chi connectivity index (χ1n) is 13.0. The number of aryl methyl sites for hydroxylation is 2. The Morgan fingerprint density at radius 2 is 1.85 bits per heavy atom. The lowest BCUT2D eigenvalue weighted by molar-refractivity contribution is -0.140. The van der Waals surface area contributed by atoms with Gasteiger partial charge in [-0.2, -0.15) is 13.2 Å². The van der Waals surface area contributed by atoms with E-state index in [4.69, 9.17) is 14.7 Å². The summed E-state index contributed by atoms with van der Waals surface area (Å²) in [6.45, 7) is 0.379. The van der Waals surface area contributed by atoms with Crippen LogP contribution in [-0.4, -0.2) is 42.4 Å². The number of aromatic nitrogens is 6. The molecule has 0 aliphatic heterocycles. The lowest BCUT2D eigenvalue weighted by atomic mass is 9.94. The van der Waals surface area contributed by atoms with Crippen molar-refractivity contribution in [3.63, 3.8) is 0 Å². The number of anilines is 1. The number of nitrogens with zero attached hydrogens (tertiary/aromatic N) is 6. The number of benzene rings is 1. The SMILES string of the molecule is COc1ncnc(C2CC2)c1-c1nc2c(c(NCc3ccc(-c4nc(C(F)(F)F)cn4C)cc3)n1)CC(=O)CC2. The number of hydrogen-bond acceptors (Lipinski definition) is 8. The molecule has 206 valence electrons. The van der Waals surface area contributed by atoms with Gasteiger partial charge in [0.1, 0.15) is 29.3 Å². The van der Waals surface area contributed by atoms with Gasteiger partial charge < -0.3 is 14.6 Å². The molecular weight excluding hydrogens is 523 g/mol. The predicted octanol–water partition coefficient (Wildman–Crippen LogP) is 4.91. The maximum Gasteiger partial charge on any atom is 0.434 e. The fourth-order valence-corrected chi connectivity index (χ4v) is 4.97. The Balaban J connectivity index is 1.30. The number of fused-ring (bicyclic) bond motifs is 1. The molecule has 1 N–H and O–H groups in total. The second-order valence-corrected chi connectivity index (χ2v) is 10.1. The van der Waals surface area contributed by atoms with Gasteiger partial charge in [-0.25, -0.2) is 24.9 Å². The molecule has 0 radical (unpaired) electrons. The summed E-state index contributed by atoms with van der Waals surface area (Å²) in [5.41, 5.74) is 3.64. The highest BCUT2D eigenvalue weighted by Crippen LogP contribution is 2.45. The lowest BCUT2D eigenvalue weighted by Gasteiger charge is -2.20. The van der Waals surface area contributed by atoms with Crippen LogP contribution < -0.4 is 10.1 Å². The van der Waals surface area contributed by atoms with Gasteiger partial charge in [0.25, 0.3) is 0 Å².